The summed E-state index contributed by atoms with van der Waals surface area (Å²) in [7, 11) is 1.49. The van der Waals surface area contributed by atoms with Crippen molar-refractivity contribution in [2.24, 2.45) is 0 Å². The molecule has 0 spiro atoms. The Labute approximate surface area is 126 Å². The zero-order valence-corrected chi connectivity index (χ0v) is 11.7. The van der Waals surface area contributed by atoms with Crippen LogP contribution in [0.3, 0.4) is 0 Å². The van der Waals surface area contributed by atoms with Crippen molar-refractivity contribution in [1.29, 1.82) is 0 Å². The Kier molecular flexibility index (Phi) is 4.25. The van der Waals surface area contributed by atoms with Gasteiger partial charge in [0.1, 0.15) is 5.75 Å². The molecular weight excluding hydrogens is 288 g/mol. The molecule has 0 saturated heterocycles. The first kappa shape index (κ1) is 15.7. The molecule has 22 heavy (non-hydrogen) atoms. The van der Waals surface area contributed by atoms with E-state index in [0.717, 1.165) is 0 Å². The highest BCUT2D eigenvalue weighted by Crippen LogP contribution is 2.25. The summed E-state index contributed by atoms with van der Waals surface area (Å²) in [5.41, 5.74) is -0.210. The van der Waals surface area contributed by atoms with Crippen LogP contribution >= 0.6 is 0 Å². The van der Waals surface area contributed by atoms with Crippen LogP contribution in [0.25, 0.3) is 0 Å². The van der Waals surface area contributed by atoms with Crippen molar-refractivity contribution in [3.8, 4) is 5.75 Å². The second kappa shape index (κ2) is 5.97. The molecule has 114 valence electrons. The number of aliphatic carboxylic acids is 1. The van der Waals surface area contributed by atoms with Crippen LogP contribution < -0.4 is 4.74 Å². The molecule has 6 heteroatoms. The fraction of sp³-hybridized carbons (Fsp3) is 0.125. The maximum atomic E-state index is 12.5. The van der Waals surface area contributed by atoms with Gasteiger partial charge in [0.25, 0.3) is 5.79 Å². The molecule has 6 nitrogen and oxygen atoms in total. The fourth-order valence-corrected chi connectivity index (χ4v) is 2.00. The molecule has 0 bridgehead atoms. The fourth-order valence-electron chi connectivity index (χ4n) is 2.00. The van der Waals surface area contributed by atoms with Gasteiger partial charge in [-0.3, -0.25) is 4.79 Å². The molecule has 0 amide bonds. The van der Waals surface area contributed by atoms with Gasteiger partial charge in [0, 0.05) is 16.7 Å². The lowest BCUT2D eigenvalue weighted by Crippen LogP contribution is -2.36. The largest absolute Gasteiger partial charge is 0.497 e. The summed E-state index contributed by atoms with van der Waals surface area (Å²) in [5, 5.41) is 28.3. The topological polar surface area (TPSA) is 104 Å². The van der Waals surface area contributed by atoms with Crippen LogP contribution in [0.5, 0.6) is 5.75 Å². The summed E-state index contributed by atoms with van der Waals surface area (Å²) < 4.78 is 5.00. The average Bonchev–Trinajstić information content (AvgIpc) is 2.54. The summed E-state index contributed by atoms with van der Waals surface area (Å²) in [6, 6.07) is 11.6. The van der Waals surface area contributed by atoms with E-state index in [9.17, 15) is 19.8 Å². The SMILES string of the molecule is COc1ccc(C(=O)c2ccccc2C(O)(O)C(=O)O)cc1. The van der Waals surface area contributed by atoms with Crippen molar-refractivity contribution < 1.29 is 29.6 Å². The van der Waals surface area contributed by atoms with Crippen molar-refractivity contribution in [1.82, 2.24) is 0 Å². The number of hydrogen-bond donors (Lipinski definition) is 3. The summed E-state index contributed by atoms with van der Waals surface area (Å²) in [4.78, 5) is 23.5. The van der Waals surface area contributed by atoms with E-state index in [1.54, 1.807) is 12.1 Å². The van der Waals surface area contributed by atoms with Gasteiger partial charge in [-0.2, -0.15) is 0 Å². The number of rotatable bonds is 5. The average molecular weight is 302 g/mol. The molecule has 0 fully saturated rings. The van der Waals surface area contributed by atoms with Crippen LogP contribution in [0.4, 0.5) is 0 Å². The molecule has 0 radical (unpaired) electrons. The molecule has 0 aromatic heterocycles. The Hall–Kier alpha value is -2.70. The molecule has 0 aliphatic carbocycles. The van der Waals surface area contributed by atoms with Gasteiger partial charge in [0.2, 0.25) is 0 Å². The number of carboxylic acids is 1. The third-order valence-electron chi connectivity index (χ3n) is 3.20. The zero-order chi connectivity index (χ0) is 16.3. The summed E-state index contributed by atoms with van der Waals surface area (Å²) in [6.07, 6.45) is 0. The van der Waals surface area contributed by atoms with E-state index in [2.05, 4.69) is 0 Å². The lowest BCUT2D eigenvalue weighted by Gasteiger charge is -2.19. The Morgan fingerprint density at radius 1 is 1.00 bits per heavy atom. The van der Waals surface area contributed by atoms with E-state index >= 15 is 0 Å². The van der Waals surface area contributed by atoms with Crippen LogP contribution in [0, 0.1) is 0 Å². The van der Waals surface area contributed by atoms with E-state index in [1.165, 1.54) is 43.5 Å². The number of methoxy groups -OCH3 is 1. The Balaban J connectivity index is 2.48. The third-order valence-corrected chi connectivity index (χ3v) is 3.20. The number of ether oxygens (including phenoxy) is 1. The minimum Gasteiger partial charge on any atom is -0.497 e. The summed E-state index contributed by atoms with van der Waals surface area (Å²) in [6.45, 7) is 0. The normalized spacial score (nSPS) is 11.0. The Morgan fingerprint density at radius 2 is 1.59 bits per heavy atom. The predicted octanol–water partition coefficient (Wildman–Crippen LogP) is 1.15. The molecule has 0 saturated carbocycles. The number of carbonyl (C=O) groups is 2. The molecule has 3 N–H and O–H groups in total. The molecular formula is C16H14O6. The lowest BCUT2D eigenvalue weighted by molar-refractivity contribution is -0.208. The van der Waals surface area contributed by atoms with Gasteiger partial charge in [-0.05, 0) is 24.3 Å². The van der Waals surface area contributed by atoms with E-state index in [-0.39, 0.29) is 16.7 Å². The molecule has 0 unspecified atom stereocenters. The zero-order valence-electron chi connectivity index (χ0n) is 11.7. The highest BCUT2D eigenvalue weighted by molar-refractivity contribution is 6.10. The highest BCUT2D eigenvalue weighted by Gasteiger charge is 2.38. The van der Waals surface area contributed by atoms with Crippen molar-refractivity contribution >= 4 is 11.8 Å². The molecule has 0 heterocycles. The Bertz CT molecular complexity index is 703. The van der Waals surface area contributed by atoms with Gasteiger partial charge in [-0.15, -0.1) is 0 Å². The minimum absolute atomic E-state index is 0.0972. The van der Waals surface area contributed by atoms with E-state index in [1.807, 2.05) is 0 Å². The second-order valence-corrected chi connectivity index (χ2v) is 4.58. The Morgan fingerprint density at radius 3 is 2.14 bits per heavy atom. The number of benzene rings is 2. The van der Waals surface area contributed by atoms with Crippen LogP contribution in [-0.4, -0.2) is 34.2 Å². The molecule has 2 rings (SSSR count). The molecule has 2 aromatic rings. The van der Waals surface area contributed by atoms with Gasteiger partial charge in [-0.25, -0.2) is 4.79 Å². The third kappa shape index (κ3) is 2.83. The quantitative estimate of drug-likeness (QED) is 0.565. The van der Waals surface area contributed by atoms with Crippen molar-refractivity contribution in [3.63, 3.8) is 0 Å². The van der Waals surface area contributed by atoms with Gasteiger partial charge < -0.3 is 20.1 Å². The van der Waals surface area contributed by atoms with Crippen LogP contribution in [0.15, 0.2) is 48.5 Å². The molecule has 0 aliphatic heterocycles. The molecule has 0 aliphatic rings. The van der Waals surface area contributed by atoms with Crippen molar-refractivity contribution in [2.45, 2.75) is 5.79 Å². The van der Waals surface area contributed by atoms with Crippen molar-refractivity contribution in [2.75, 3.05) is 7.11 Å². The number of hydrogen-bond acceptors (Lipinski definition) is 5. The number of carboxylic acid groups (broad SMARTS) is 1. The summed E-state index contributed by atoms with van der Waals surface area (Å²) in [5.74, 6) is -4.96. The van der Waals surface area contributed by atoms with E-state index in [4.69, 9.17) is 9.84 Å². The number of aliphatic hydroxyl groups is 2. The van der Waals surface area contributed by atoms with E-state index in [0.29, 0.717) is 5.75 Å². The first-order chi connectivity index (χ1) is 10.4. The smallest absolute Gasteiger partial charge is 0.369 e. The van der Waals surface area contributed by atoms with Gasteiger partial charge in [0.15, 0.2) is 5.78 Å². The lowest BCUT2D eigenvalue weighted by atomic mass is 9.93. The number of ketones is 1. The van der Waals surface area contributed by atoms with Crippen LogP contribution in [0.1, 0.15) is 21.5 Å². The number of carbonyl (C=O) groups excluding carboxylic acids is 1. The maximum Gasteiger partial charge on any atom is 0.369 e. The summed E-state index contributed by atoms with van der Waals surface area (Å²) >= 11 is 0. The van der Waals surface area contributed by atoms with Gasteiger partial charge in [-0.1, -0.05) is 24.3 Å². The first-order valence-electron chi connectivity index (χ1n) is 6.34. The highest BCUT2D eigenvalue weighted by atomic mass is 16.5. The standard InChI is InChI=1S/C16H14O6/c1-22-11-8-6-10(7-9-11)14(17)12-4-2-3-5-13(12)16(20,21)15(18)19/h2-9,20-21H,1H3,(H,18,19). The second-order valence-electron chi connectivity index (χ2n) is 4.58. The monoisotopic (exact) mass is 302 g/mol. The minimum atomic E-state index is -3.14. The van der Waals surface area contributed by atoms with Gasteiger partial charge in [0.05, 0.1) is 7.11 Å². The molecule has 2 aromatic carbocycles. The van der Waals surface area contributed by atoms with Crippen molar-refractivity contribution in [3.05, 3.63) is 65.2 Å². The van der Waals surface area contributed by atoms with E-state index < -0.39 is 17.5 Å². The van der Waals surface area contributed by atoms with Crippen LogP contribution in [0.2, 0.25) is 0 Å². The predicted molar refractivity (Wildman–Crippen MR) is 76.6 cm³/mol. The maximum absolute atomic E-state index is 12.5. The first-order valence-corrected chi connectivity index (χ1v) is 6.34. The van der Waals surface area contributed by atoms with Crippen LogP contribution in [-0.2, 0) is 10.6 Å². The molecule has 0 atom stereocenters. The van der Waals surface area contributed by atoms with Gasteiger partial charge >= 0.3 is 5.97 Å².